The Morgan fingerprint density at radius 2 is 1.81 bits per heavy atom. The molecule has 6 rings (SSSR count). The van der Waals surface area contributed by atoms with E-state index in [0.717, 1.165) is 35.7 Å². The molecule has 26 heavy (non-hydrogen) atoms. The minimum atomic E-state index is -1.01. The smallest absolute Gasteiger partial charge is 0.235 e. The van der Waals surface area contributed by atoms with Gasteiger partial charge in [-0.05, 0) is 35.7 Å². The van der Waals surface area contributed by atoms with E-state index < -0.39 is 17.4 Å². The van der Waals surface area contributed by atoms with E-state index in [1.54, 1.807) is 7.05 Å². The van der Waals surface area contributed by atoms with Crippen LogP contribution in [0.1, 0.15) is 28.8 Å². The number of Topliss-reactive ketones (excluding diaryl/α,β-unsaturated/α-hetero) is 1. The van der Waals surface area contributed by atoms with E-state index in [1.165, 1.54) is 4.90 Å². The Morgan fingerprint density at radius 1 is 1.04 bits per heavy atom. The fourth-order valence-electron chi connectivity index (χ4n) is 6.21. The standard InChI is InChI=1S/C21H18N2O3/c1-22-19(25)16-14-9-4-10-23(14)21(17(16)20(22)26)13-8-3-6-11-5-2-7-12(15(11)13)18(21)24/h2-3,5-8,14,16-17H,4,9-10H2,1H3/t14-,16+,17-,21+/m0/s1. The molecule has 2 aromatic carbocycles. The number of carbonyl (C=O) groups excluding carboxylic acids is 3. The Kier molecular flexibility index (Phi) is 2.48. The number of rotatable bonds is 0. The van der Waals surface area contributed by atoms with E-state index in [-0.39, 0.29) is 23.6 Å². The van der Waals surface area contributed by atoms with Crippen molar-refractivity contribution < 1.29 is 14.4 Å². The van der Waals surface area contributed by atoms with Crippen LogP contribution in [0.25, 0.3) is 10.8 Å². The molecule has 4 atom stereocenters. The topological polar surface area (TPSA) is 57.7 Å². The number of nitrogens with zero attached hydrogens (tertiary/aromatic N) is 2. The highest BCUT2D eigenvalue weighted by Gasteiger charge is 2.73. The summed E-state index contributed by atoms with van der Waals surface area (Å²) in [6.07, 6.45) is 1.83. The second-order valence-corrected chi connectivity index (χ2v) is 7.95. The van der Waals surface area contributed by atoms with Gasteiger partial charge in [0.15, 0.2) is 5.78 Å². The zero-order chi connectivity index (χ0) is 17.8. The number of hydrogen-bond donors (Lipinski definition) is 0. The average Bonchev–Trinajstić information content (AvgIpc) is 3.34. The van der Waals surface area contributed by atoms with Crippen LogP contribution in [0.5, 0.6) is 0 Å². The van der Waals surface area contributed by atoms with Gasteiger partial charge in [0.2, 0.25) is 11.8 Å². The van der Waals surface area contributed by atoms with Crippen molar-refractivity contribution in [3.63, 3.8) is 0 Å². The van der Waals surface area contributed by atoms with Gasteiger partial charge in [-0.15, -0.1) is 0 Å². The predicted octanol–water partition coefficient (Wildman–Crippen LogP) is 1.94. The lowest BCUT2D eigenvalue weighted by atomic mass is 9.74. The molecule has 3 aliphatic heterocycles. The van der Waals surface area contributed by atoms with Crippen LogP contribution in [-0.2, 0) is 15.1 Å². The van der Waals surface area contributed by atoms with E-state index >= 15 is 0 Å². The summed E-state index contributed by atoms with van der Waals surface area (Å²) in [6, 6.07) is 11.7. The van der Waals surface area contributed by atoms with Gasteiger partial charge in [-0.3, -0.25) is 24.2 Å². The largest absolute Gasteiger partial charge is 0.292 e. The molecule has 0 N–H and O–H groups in total. The summed E-state index contributed by atoms with van der Waals surface area (Å²) >= 11 is 0. The molecule has 2 amide bonds. The Bertz CT molecular complexity index is 1040. The minimum absolute atomic E-state index is 0.000139. The Hall–Kier alpha value is -2.53. The van der Waals surface area contributed by atoms with Crippen LogP contribution in [-0.4, -0.2) is 47.0 Å². The summed E-state index contributed by atoms with van der Waals surface area (Å²) in [7, 11) is 1.56. The molecule has 3 saturated heterocycles. The predicted molar refractivity (Wildman–Crippen MR) is 94.4 cm³/mol. The third kappa shape index (κ3) is 1.29. The molecule has 4 aliphatic rings. The van der Waals surface area contributed by atoms with Crippen molar-refractivity contribution in [3.8, 4) is 0 Å². The molecule has 0 radical (unpaired) electrons. The summed E-state index contributed by atoms with van der Waals surface area (Å²) < 4.78 is 0. The van der Waals surface area contributed by atoms with Crippen molar-refractivity contribution >= 4 is 28.4 Å². The SMILES string of the molecule is CN1C(=O)[C@H]2[C@@H](C1=O)[C@]1(C(=O)c3cccc4cccc1c34)N1CCC[C@@H]21. The third-order valence-electron chi connectivity index (χ3n) is 7.09. The summed E-state index contributed by atoms with van der Waals surface area (Å²) in [6.45, 7) is 0.762. The molecule has 0 unspecified atom stereocenters. The lowest BCUT2D eigenvalue weighted by Gasteiger charge is -2.37. The van der Waals surface area contributed by atoms with Gasteiger partial charge in [-0.2, -0.15) is 0 Å². The zero-order valence-electron chi connectivity index (χ0n) is 14.4. The maximum Gasteiger partial charge on any atom is 0.235 e. The summed E-state index contributed by atoms with van der Waals surface area (Å²) in [5.41, 5.74) is 0.609. The fourth-order valence-corrected chi connectivity index (χ4v) is 6.21. The number of amides is 2. The van der Waals surface area contributed by atoms with Crippen molar-refractivity contribution in [1.29, 1.82) is 0 Å². The van der Waals surface area contributed by atoms with E-state index in [2.05, 4.69) is 4.90 Å². The monoisotopic (exact) mass is 346 g/mol. The zero-order valence-corrected chi connectivity index (χ0v) is 14.4. The number of likely N-dealkylation sites (tertiary alicyclic amines) is 1. The first-order chi connectivity index (χ1) is 12.6. The number of benzene rings is 2. The first kappa shape index (κ1) is 14.6. The first-order valence-electron chi connectivity index (χ1n) is 9.23. The Balaban J connectivity index is 1.72. The normalized spacial score (nSPS) is 35.2. The molecular weight excluding hydrogens is 328 g/mol. The van der Waals surface area contributed by atoms with Gasteiger partial charge in [0.1, 0.15) is 5.54 Å². The van der Waals surface area contributed by atoms with Crippen molar-refractivity contribution in [2.75, 3.05) is 13.6 Å². The molecule has 3 fully saturated rings. The summed E-state index contributed by atoms with van der Waals surface area (Å²) in [5.74, 6) is -1.32. The highest BCUT2D eigenvalue weighted by Crippen LogP contribution is 2.61. The average molecular weight is 346 g/mol. The number of fused-ring (bicyclic) bond motifs is 6. The van der Waals surface area contributed by atoms with Gasteiger partial charge in [0, 0.05) is 18.7 Å². The van der Waals surface area contributed by atoms with Crippen molar-refractivity contribution in [2.45, 2.75) is 24.4 Å². The number of hydrogen-bond acceptors (Lipinski definition) is 4. The number of imide groups is 1. The highest BCUT2D eigenvalue weighted by atomic mass is 16.2. The van der Waals surface area contributed by atoms with Gasteiger partial charge in [-0.25, -0.2) is 0 Å². The second-order valence-electron chi connectivity index (χ2n) is 7.95. The lowest BCUT2D eigenvalue weighted by molar-refractivity contribution is -0.140. The number of carbonyl (C=O) groups is 3. The van der Waals surface area contributed by atoms with Crippen LogP contribution in [0.4, 0.5) is 0 Å². The third-order valence-corrected chi connectivity index (χ3v) is 7.09. The van der Waals surface area contributed by atoms with Gasteiger partial charge in [0.05, 0.1) is 11.8 Å². The van der Waals surface area contributed by atoms with Crippen molar-refractivity contribution in [3.05, 3.63) is 47.5 Å². The molecule has 0 bridgehead atoms. The molecular formula is C21H18N2O3. The molecule has 1 spiro atoms. The van der Waals surface area contributed by atoms with Crippen LogP contribution in [0.2, 0.25) is 0 Å². The second kappa shape index (κ2) is 4.41. The molecule has 2 aromatic rings. The van der Waals surface area contributed by atoms with Crippen molar-refractivity contribution in [1.82, 2.24) is 9.80 Å². The molecule has 5 heteroatoms. The van der Waals surface area contributed by atoms with Gasteiger partial charge >= 0.3 is 0 Å². The summed E-state index contributed by atoms with van der Waals surface area (Å²) in [4.78, 5) is 43.3. The first-order valence-corrected chi connectivity index (χ1v) is 9.23. The van der Waals surface area contributed by atoms with E-state index in [9.17, 15) is 14.4 Å². The molecule has 5 nitrogen and oxygen atoms in total. The highest BCUT2D eigenvalue weighted by molar-refractivity contribution is 6.23. The molecule has 0 saturated carbocycles. The molecule has 1 aliphatic carbocycles. The Labute approximate surface area is 150 Å². The van der Waals surface area contributed by atoms with Crippen LogP contribution in [0, 0.1) is 11.8 Å². The van der Waals surface area contributed by atoms with Crippen LogP contribution >= 0.6 is 0 Å². The summed E-state index contributed by atoms with van der Waals surface area (Å²) in [5, 5.41) is 1.98. The molecule has 130 valence electrons. The molecule has 0 aromatic heterocycles. The van der Waals surface area contributed by atoms with Crippen LogP contribution < -0.4 is 0 Å². The molecule has 3 heterocycles. The van der Waals surface area contributed by atoms with E-state index in [1.807, 2.05) is 36.4 Å². The quantitative estimate of drug-likeness (QED) is 0.684. The van der Waals surface area contributed by atoms with Gasteiger partial charge in [0.25, 0.3) is 0 Å². The lowest BCUT2D eigenvalue weighted by Crippen LogP contribution is -2.52. The Morgan fingerprint density at radius 3 is 2.62 bits per heavy atom. The number of ketones is 1. The maximum absolute atomic E-state index is 13.8. The van der Waals surface area contributed by atoms with Crippen LogP contribution in [0.15, 0.2) is 36.4 Å². The minimum Gasteiger partial charge on any atom is -0.292 e. The van der Waals surface area contributed by atoms with Gasteiger partial charge < -0.3 is 0 Å². The van der Waals surface area contributed by atoms with Gasteiger partial charge in [-0.1, -0.05) is 36.4 Å². The van der Waals surface area contributed by atoms with Crippen molar-refractivity contribution in [2.24, 2.45) is 11.8 Å². The fraction of sp³-hybridized carbons (Fsp3) is 0.381. The van der Waals surface area contributed by atoms with Crippen LogP contribution in [0.3, 0.4) is 0 Å². The maximum atomic E-state index is 13.8. The van der Waals surface area contributed by atoms with E-state index in [4.69, 9.17) is 0 Å². The van der Waals surface area contributed by atoms with E-state index in [0.29, 0.717) is 5.56 Å².